The summed E-state index contributed by atoms with van der Waals surface area (Å²) >= 11 is 0. The predicted molar refractivity (Wildman–Crippen MR) is 103 cm³/mol. The number of ether oxygens (including phenoxy) is 1. The number of H-pyrrole nitrogens is 1. The van der Waals surface area contributed by atoms with E-state index in [1.165, 1.54) is 0 Å². The molecule has 0 radical (unpaired) electrons. The minimum atomic E-state index is -5.78. The summed E-state index contributed by atoms with van der Waals surface area (Å²) in [7, 11) is -16.9. The predicted octanol–water partition coefficient (Wildman–Crippen LogP) is -1.63. The standard InChI is InChI=1S/C12H21FN3O14P3/c13-8-9(17)7(5-27-32(23,24)30-33(25,26)29-31(20,21)22)28-11(8)16-4-6(2-1-3-14)10(18)15-12(16)19/h4,7-9,11,17H,1-3,5,14H2,(H,23,24)(H,25,26)(H,15,18,19)(H2,20,21,22)/t7-,8-,9-,11-/m1/s1. The van der Waals surface area contributed by atoms with Gasteiger partial charge in [-0.1, -0.05) is 0 Å². The highest BCUT2D eigenvalue weighted by molar-refractivity contribution is 7.66. The van der Waals surface area contributed by atoms with E-state index in [0.29, 0.717) is 11.0 Å². The number of phosphoric acid groups is 3. The van der Waals surface area contributed by atoms with Gasteiger partial charge in [-0.2, -0.15) is 8.62 Å². The van der Waals surface area contributed by atoms with Gasteiger partial charge in [-0.25, -0.2) is 22.9 Å². The maximum absolute atomic E-state index is 14.6. The Morgan fingerprint density at radius 1 is 1.15 bits per heavy atom. The zero-order valence-corrected chi connectivity index (χ0v) is 19.1. The van der Waals surface area contributed by atoms with Gasteiger partial charge in [-0.15, -0.1) is 0 Å². The zero-order chi connectivity index (χ0) is 25.2. The number of halogens is 1. The SMILES string of the molecule is NCCCc1cn([C@@H]2O[C@H](COP(=O)(O)OP(=O)(O)OP(=O)(O)O)[C@@H](O)[C@H]2F)c(=O)[nH]c1=O. The molecule has 1 fully saturated rings. The summed E-state index contributed by atoms with van der Waals surface area (Å²) in [6.45, 7) is -0.911. The van der Waals surface area contributed by atoms with Crippen molar-refractivity contribution in [3.8, 4) is 0 Å². The van der Waals surface area contributed by atoms with Crippen LogP contribution in [0.2, 0.25) is 0 Å². The van der Waals surface area contributed by atoms with Crippen molar-refractivity contribution in [1.29, 1.82) is 0 Å². The maximum Gasteiger partial charge on any atom is 0.490 e. The lowest BCUT2D eigenvalue weighted by Crippen LogP contribution is -2.37. The summed E-state index contributed by atoms with van der Waals surface area (Å²) in [6.07, 6.45) is -6.31. The highest BCUT2D eigenvalue weighted by Gasteiger charge is 2.47. The second kappa shape index (κ2) is 10.7. The van der Waals surface area contributed by atoms with Gasteiger partial charge in [0.1, 0.15) is 12.2 Å². The number of alkyl halides is 1. The molecule has 6 atom stereocenters. The molecular formula is C12H21FN3O14P3. The number of aromatic amines is 1. The van der Waals surface area contributed by atoms with Crippen molar-refractivity contribution in [3.05, 3.63) is 32.6 Å². The number of rotatable bonds is 11. The smallest absolute Gasteiger partial charge is 0.387 e. The number of phosphoric ester groups is 1. The van der Waals surface area contributed by atoms with Crippen LogP contribution in [0.4, 0.5) is 4.39 Å². The van der Waals surface area contributed by atoms with Crippen molar-refractivity contribution in [2.75, 3.05) is 13.2 Å². The molecule has 0 bridgehead atoms. The molecule has 1 aromatic heterocycles. The fourth-order valence-electron chi connectivity index (χ4n) is 2.72. The summed E-state index contributed by atoms with van der Waals surface area (Å²) in [4.78, 5) is 61.4. The minimum Gasteiger partial charge on any atom is -0.387 e. The van der Waals surface area contributed by atoms with Gasteiger partial charge >= 0.3 is 29.2 Å². The van der Waals surface area contributed by atoms with Gasteiger partial charge in [0.15, 0.2) is 12.4 Å². The van der Waals surface area contributed by atoms with E-state index in [9.17, 15) is 37.7 Å². The molecule has 21 heteroatoms. The fraction of sp³-hybridized carbons (Fsp3) is 0.667. The molecule has 1 aliphatic rings. The zero-order valence-electron chi connectivity index (χ0n) is 16.4. The van der Waals surface area contributed by atoms with E-state index in [0.717, 1.165) is 6.20 Å². The van der Waals surface area contributed by atoms with E-state index in [4.69, 9.17) is 25.2 Å². The Balaban J connectivity index is 2.13. The van der Waals surface area contributed by atoms with Gasteiger partial charge in [0.2, 0.25) is 0 Å². The normalized spacial score (nSPS) is 27.2. The van der Waals surface area contributed by atoms with Crippen LogP contribution in [-0.2, 0) is 38.0 Å². The molecule has 0 aliphatic carbocycles. The number of hydrogen-bond acceptors (Lipinski definition) is 11. The molecule has 2 heterocycles. The second-order valence-electron chi connectivity index (χ2n) is 6.60. The molecule has 2 rings (SSSR count). The summed E-state index contributed by atoms with van der Waals surface area (Å²) in [5, 5.41) is 10.00. The number of hydrogen-bond donors (Lipinski definition) is 7. The van der Waals surface area contributed by atoms with Crippen LogP contribution in [-0.4, -0.2) is 65.8 Å². The van der Waals surface area contributed by atoms with Crippen LogP contribution in [0.3, 0.4) is 0 Å². The van der Waals surface area contributed by atoms with Crippen LogP contribution in [0.1, 0.15) is 18.2 Å². The van der Waals surface area contributed by atoms with Crippen molar-refractivity contribution < 1.29 is 60.6 Å². The molecule has 1 saturated heterocycles. The van der Waals surface area contributed by atoms with Gasteiger partial charge < -0.3 is 35.2 Å². The quantitative estimate of drug-likeness (QED) is 0.154. The first-order chi connectivity index (χ1) is 15.1. The number of nitrogens with two attached hydrogens (primary N) is 1. The Morgan fingerprint density at radius 3 is 2.36 bits per heavy atom. The van der Waals surface area contributed by atoms with Crippen LogP contribution < -0.4 is 17.0 Å². The monoisotopic (exact) mass is 543 g/mol. The van der Waals surface area contributed by atoms with Crippen LogP contribution in [0.5, 0.6) is 0 Å². The number of aliphatic hydroxyl groups excluding tert-OH is 1. The third kappa shape index (κ3) is 7.97. The Morgan fingerprint density at radius 2 is 1.79 bits per heavy atom. The van der Waals surface area contributed by atoms with Gasteiger partial charge in [0, 0.05) is 11.8 Å². The van der Waals surface area contributed by atoms with E-state index >= 15 is 0 Å². The van der Waals surface area contributed by atoms with Crippen molar-refractivity contribution in [2.45, 2.75) is 37.4 Å². The Hall–Kier alpha value is -1.10. The van der Waals surface area contributed by atoms with Crippen LogP contribution in [0.25, 0.3) is 0 Å². The summed E-state index contributed by atoms with van der Waals surface area (Å²) in [6, 6.07) is 0. The largest absolute Gasteiger partial charge is 0.490 e. The number of aliphatic hydroxyl groups is 1. The maximum atomic E-state index is 14.6. The van der Waals surface area contributed by atoms with Crippen LogP contribution >= 0.6 is 23.5 Å². The van der Waals surface area contributed by atoms with Crippen molar-refractivity contribution in [2.24, 2.45) is 5.73 Å². The van der Waals surface area contributed by atoms with Crippen LogP contribution in [0.15, 0.2) is 15.8 Å². The number of nitrogens with one attached hydrogen (secondary N) is 1. The molecule has 1 aromatic rings. The van der Waals surface area contributed by atoms with E-state index in [1.807, 2.05) is 4.98 Å². The second-order valence-corrected chi connectivity index (χ2v) is 11.0. The number of aromatic nitrogens is 2. The Bertz CT molecular complexity index is 1100. The first-order valence-electron chi connectivity index (χ1n) is 8.85. The van der Waals surface area contributed by atoms with Crippen molar-refractivity contribution in [3.63, 3.8) is 0 Å². The summed E-state index contributed by atoms with van der Waals surface area (Å²) < 4.78 is 65.4. The highest BCUT2D eigenvalue weighted by Crippen LogP contribution is 2.66. The van der Waals surface area contributed by atoms with Crippen molar-refractivity contribution in [1.82, 2.24) is 9.55 Å². The molecule has 190 valence electrons. The average molecular weight is 543 g/mol. The van der Waals surface area contributed by atoms with Gasteiger partial charge in [-0.05, 0) is 19.4 Å². The molecule has 33 heavy (non-hydrogen) atoms. The Labute approximate surface area is 183 Å². The van der Waals surface area contributed by atoms with Crippen LogP contribution in [0, 0.1) is 0 Å². The molecule has 0 saturated carbocycles. The summed E-state index contributed by atoms with van der Waals surface area (Å²) in [5.41, 5.74) is 3.63. The van der Waals surface area contributed by atoms with E-state index in [2.05, 4.69) is 13.1 Å². The van der Waals surface area contributed by atoms with Crippen molar-refractivity contribution >= 4 is 23.5 Å². The lowest BCUT2D eigenvalue weighted by Gasteiger charge is -2.19. The molecule has 0 spiro atoms. The fourth-order valence-corrected chi connectivity index (χ4v) is 5.75. The number of aryl methyl sites for hydroxylation is 1. The molecule has 2 unspecified atom stereocenters. The third-order valence-corrected chi connectivity index (χ3v) is 7.88. The van der Waals surface area contributed by atoms with Gasteiger partial charge in [0.05, 0.1) is 6.61 Å². The van der Waals surface area contributed by atoms with E-state index < -0.39 is 65.9 Å². The molecule has 0 aromatic carbocycles. The Kier molecular flexibility index (Phi) is 9.09. The molecule has 0 amide bonds. The van der Waals surface area contributed by atoms with E-state index in [1.54, 1.807) is 0 Å². The first-order valence-corrected chi connectivity index (χ1v) is 13.4. The lowest BCUT2D eigenvalue weighted by atomic mass is 10.1. The van der Waals surface area contributed by atoms with Gasteiger partial charge in [0.25, 0.3) is 5.56 Å². The summed E-state index contributed by atoms with van der Waals surface area (Å²) in [5.74, 6) is 0. The minimum absolute atomic E-state index is 0.0713. The van der Waals surface area contributed by atoms with Gasteiger partial charge in [-0.3, -0.25) is 18.9 Å². The first kappa shape index (κ1) is 28.1. The number of nitrogens with zero attached hydrogens (tertiary/aromatic N) is 1. The highest BCUT2D eigenvalue weighted by atomic mass is 31.3. The average Bonchev–Trinajstić information content (AvgIpc) is 2.91. The third-order valence-electron chi connectivity index (χ3n) is 4.08. The lowest BCUT2D eigenvalue weighted by molar-refractivity contribution is -0.0483. The molecule has 17 nitrogen and oxygen atoms in total. The molecule has 8 N–H and O–H groups in total. The topological polar surface area (TPSA) is 270 Å². The molecule has 1 aliphatic heterocycles. The van der Waals surface area contributed by atoms with E-state index in [-0.39, 0.29) is 18.5 Å². The molecular weight excluding hydrogens is 522 g/mol.